The molecule has 3 heterocycles. The van der Waals surface area contributed by atoms with E-state index in [0.717, 1.165) is 34.9 Å². The van der Waals surface area contributed by atoms with Gasteiger partial charge in [0.05, 0.1) is 6.54 Å². The SMILES string of the molecule is CN1CCN(c2cc(NCc3ccc(-c4cccnc4)cc3)ncn2)CC1=O. The third-order valence-electron chi connectivity index (χ3n) is 4.86. The molecule has 1 fully saturated rings. The zero-order valence-corrected chi connectivity index (χ0v) is 15.7. The highest BCUT2D eigenvalue weighted by atomic mass is 16.2. The summed E-state index contributed by atoms with van der Waals surface area (Å²) in [6, 6.07) is 14.2. The van der Waals surface area contributed by atoms with Crippen LogP contribution in [0.4, 0.5) is 11.6 Å². The number of nitrogens with one attached hydrogen (secondary N) is 1. The van der Waals surface area contributed by atoms with Crippen molar-refractivity contribution in [3.63, 3.8) is 0 Å². The van der Waals surface area contributed by atoms with Crippen LogP contribution in [0.15, 0.2) is 61.2 Å². The number of likely N-dealkylation sites (N-methyl/N-ethyl adjacent to an activating group) is 1. The van der Waals surface area contributed by atoms with Crippen molar-refractivity contribution in [3.8, 4) is 11.1 Å². The van der Waals surface area contributed by atoms with Gasteiger partial charge in [0, 0.05) is 45.1 Å². The van der Waals surface area contributed by atoms with Crippen LogP contribution in [-0.2, 0) is 11.3 Å². The fourth-order valence-electron chi connectivity index (χ4n) is 3.11. The maximum atomic E-state index is 11.9. The molecular formula is C21H22N6O. The lowest BCUT2D eigenvalue weighted by Crippen LogP contribution is -2.48. The Morgan fingerprint density at radius 1 is 1.07 bits per heavy atom. The number of amides is 1. The van der Waals surface area contributed by atoms with Crippen LogP contribution >= 0.6 is 0 Å². The second-order valence-corrected chi connectivity index (χ2v) is 6.79. The number of hydrogen-bond donors (Lipinski definition) is 1. The predicted molar refractivity (Wildman–Crippen MR) is 109 cm³/mol. The Bertz CT molecular complexity index is 945. The Labute approximate surface area is 164 Å². The van der Waals surface area contributed by atoms with E-state index in [9.17, 15) is 4.79 Å². The number of pyridine rings is 1. The number of rotatable bonds is 5. The molecule has 0 aliphatic carbocycles. The van der Waals surface area contributed by atoms with Gasteiger partial charge in [-0.25, -0.2) is 9.97 Å². The maximum absolute atomic E-state index is 11.9. The van der Waals surface area contributed by atoms with Gasteiger partial charge in [-0.2, -0.15) is 0 Å². The first-order chi connectivity index (χ1) is 13.7. The van der Waals surface area contributed by atoms with E-state index in [0.29, 0.717) is 19.6 Å². The molecule has 3 aromatic rings. The summed E-state index contributed by atoms with van der Waals surface area (Å²) >= 11 is 0. The van der Waals surface area contributed by atoms with Gasteiger partial charge in [0.15, 0.2) is 0 Å². The highest BCUT2D eigenvalue weighted by molar-refractivity contribution is 5.82. The number of carbonyl (C=O) groups excluding carboxylic acids is 1. The molecule has 0 spiro atoms. The summed E-state index contributed by atoms with van der Waals surface area (Å²) in [7, 11) is 1.83. The summed E-state index contributed by atoms with van der Waals surface area (Å²) < 4.78 is 0. The first kappa shape index (κ1) is 17.9. The van der Waals surface area contributed by atoms with Crippen LogP contribution in [0.2, 0.25) is 0 Å². The van der Waals surface area contributed by atoms with Crippen molar-refractivity contribution in [3.05, 3.63) is 66.7 Å². The Kier molecular flexibility index (Phi) is 5.14. The van der Waals surface area contributed by atoms with E-state index in [2.05, 4.69) is 44.5 Å². The van der Waals surface area contributed by atoms with Crippen LogP contribution in [0.25, 0.3) is 11.1 Å². The second kappa shape index (κ2) is 8.04. The monoisotopic (exact) mass is 374 g/mol. The summed E-state index contributed by atoms with van der Waals surface area (Å²) in [6.07, 6.45) is 5.17. The summed E-state index contributed by atoms with van der Waals surface area (Å²) in [4.78, 5) is 28.4. The molecule has 1 amide bonds. The highest BCUT2D eigenvalue weighted by Gasteiger charge is 2.22. The molecule has 2 aromatic heterocycles. The predicted octanol–water partition coefficient (Wildman–Crippen LogP) is 2.43. The Morgan fingerprint density at radius 3 is 2.68 bits per heavy atom. The number of nitrogens with zero attached hydrogens (tertiary/aromatic N) is 5. The Balaban J connectivity index is 1.39. The van der Waals surface area contributed by atoms with E-state index in [1.54, 1.807) is 11.1 Å². The van der Waals surface area contributed by atoms with Crippen LogP contribution < -0.4 is 10.2 Å². The molecule has 1 aromatic carbocycles. The average molecular weight is 374 g/mol. The molecule has 142 valence electrons. The number of anilines is 2. The fraction of sp³-hybridized carbons (Fsp3) is 0.238. The minimum Gasteiger partial charge on any atom is -0.366 e. The molecule has 1 N–H and O–H groups in total. The molecular weight excluding hydrogens is 352 g/mol. The van der Waals surface area contributed by atoms with Crippen LogP contribution in [-0.4, -0.2) is 52.4 Å². The molecule has 0 saturated carbocycles. The molecule has 0 bridgehead atoms. The van der Waals surface area contributed by atoms with Crippen LogP contribution in [0, 0.1) is 0 Å². The number of aromatic nitrogens is 3. The molecule has 4 rings (SSSR count). The maximum Gasteiger partial charge on any atom is 0.241 e. The van der Waals surface area contributed by atoms with Crippen molar-refractivity contribution >= 4 is 17.5 Å². The van der Waals surface area contributed by atoms with E-state index >= 15 is 0 Å². The largest absolute Gasteiger partial charge is 0.366 e. The standard InChI is InChI=1S/C21H22N6O/c1-26-9-10-27(14-21(26)28)20-11-19(24-15-25-20)23-12-16-4-6-17(7-5-16)18-3-2-8-22-13-18/h2-8,11,13,15H,9-10,12,14H2,1H3,(H,23,24,25). The molecule has 1 saturated heterocycles. The second-order valence-electron chi connectivity index (χ2n) is 6.79. The van der Waals surface area contributed by atoms with E-state index in [4.69, 9.17) is 0 Å². The van der Waals surface area contributed by atoms with Gasteiger partial charge >= 0.3 is 0 Å². The van der Waals surface area contributed by atoms with Gasteiger partial charge in [0.1, 0.15) is 18.0 Å². The van der Waals surface area contributed by atoms with Crippen molar-refractivity contribution in [2.75, 3.05) is 36.9 Å². The summed E-state index contributed by atoms with van der Waals surface area (Å²) in [5.74, 6) is 1.62. The summed E-state index contributed by atoms with van der Waals surface area (Å²) in [5.41, 5.74) is 3.40. The summed E-state index contributed by atoms with van der Waals surface area (Å²) in [6.45, 7) is 2.48. The summed E-state index contributed by atoms with van der Waals surface area (Å²) in [5, 5.41) is 3.33. The normalized spacial score (nSPS) is 14.2. The lowest BCUT2D eigenvalue weighted by Gasteiger charge is -2.32. The molecule has 0 radical (unpaired) electrons. The lowest BCUT2D eigenvalue weighted by atomic mass is 10.1. The van der Waals surface area contributed by atoms with Crippen LogP contribution in [0.1, 0.15) is 5.56 Å². The topological polar surface area (TPSA) is 74.2 Å². The Morgan fingerprint density at radius 2 is 1.93 bits per heavy atom. The van der Waals surface area contributed by atoms with Crippen molar-refractivity contribution in [1.29, 1.82) is 0 Å². The van der Waals surface area contributed by atoms with Gasteiger partial charge in [-0.1, -0.05) is 30.3 Å². The number of hydrogen-bond acceptors (Lipinski definition) is 6. The van der Waals surface area contributed by atoms with E-state index in [-0.39, 0.29) is 5.91 Å². The van der Waals surface area contributed by atoms with Gasteiger partial charge in [-0.05, 0) is 22.8 Å². The van der Waals surface area contributed by atoms with Gasteiger partial charge < -0.3 is 15.1 Å². The third-order valence-corrected chi connectivity index (χ3v) is 4.86. The van der Waals surface area contributed by atoms with Crippen molar-refractivity contribution in [2.24, 2.45) is 0 Å². The van der Waals surface area contributed by atoms with Crippen molar-refractivity contribution < 1.29 is 4.79 Å². The van der Waals surface area contributed by atoms with Gasteiger partial charge in [0.25, 0.3) is 0 Å². The molecule has 1 aliphatic heterocycles. The molecule has 7 nitrogen and oxygen atoms in total. The van der Waals surface area contributed by atoms with Gasteiger partial charge in [-0.3, -0.25) is 9.78 Å². The zero-order valence-electron chi connectivity index (χ0n) is 15.7. The van der Waals surface area contributed by atoms with Gasteiger partial charge in [0.2, 0.25) is 5.91 Å². The Hall–Kier alpha value is -3.48. The average Bonchev–Trinajstić information content (AvgIpc) is 2.75. The minimum atomic E-state index is 0.105. The van der Waals surface area contributed by atoms with E-state index < -0.39 is 0 Å². The zero-order chi connectivity index (χ0) is 19.3. The molecule has 0 atom stereocenters. The number of benzene rings is 1. The van der Waals surface area contributed by atoms with Crippen molar-refractivity contribution in [2.45, 2.75) is 6.54 Å². The van der Waals surface area contributed by atoms with Crippen molar-refractivity contribution in [1.82, 2.24) is 19.9 Å². The highest BCUT2D eigenvalue weighted by Crippen LogP contribution is 2.20. The smallest absolute Gasteiger partial charge is 0.241 e. The first-order valence-corrected chi connectivity index (χ1v) is 9.23. The lowest BCUT2D eigenvalue weighted by molar-refractivity contribution is -0.129. The third kappa shape index (κ3) is 4.09. The molecule has 28 heavy (non-hydrogen) atoms. The molecule has 1 aliphatic rings. The molecule has 0 unspecified atom stereocenters. The number of piperazine rings is 1. The quantitative estimate of drug-likeness (QED) is 0.739. The van der Waals surface area contributed by atoms with E-state index in [1.165, 1.54) is 6.33 Å². The minimum absolute atomic E-state index is 0.105. The van der Waals surface area contributed by atoms with Crippen LogP contribution in [0.5, 0.6) is 0 Å². The van der Waals surface area contributed by atoms with Crippen LogP contribution in [0.3, 0.4) is 0 Å². The van der Waals surface area contributed by atoms with Gasteiger partial charge in [-0.15, -0.1) is 0 Å². The number of carbonyl (C=O) groups is 1. The van der Waals surface area contributed by atoms with E-state index in [1.807, 2.05) is 36.3 Å². The first-order valence-electron chi connectivity index (χ1n) is 9.23. The molecule has 7 heteroatoms. The fourth-order valence-corrected chi connectivity index (χ4v) is 3.11.